The van der Waals surface area contributed by atoms with Gasteiger partial charge in [0.25, 0.3) is 0 Å². The van der Waals surface area contributed by atoms with Gasteiger partial charge in [-0.15, -0.1) is 0 Å². The molecule has 17 heavy (non-hydrogen) atoms. The minimum atomic E-state index is 0.610. The molecule has 2 rings (SSSR count). The largest absolute Gasteiger partial charge is 0.478 e. The summed E-state index contributed by atoms with van der Waals surface area (Å²) in [6.07, 6.45) is 2.06. The van der Waals surface area contributed by atoms with Gasteiger partial charge in [-0.25, -0.2) is 0 Å². The van der Waals surface area contributed by atoms with Gasteiger partial charge < -0.3 is 14.6 Å². The minimum absolute atomic E-state index is 0.610. The first-order valence-electron chi connectivity index (χ1n) is 5.47. The summed E-state index contributed by atoms with van der Waals surface area (Å²) in [7, 11) is 0. The Kier molecular flexibility index (Phi) is 3.90. The molecule has 0 aliphatic heterocycles. The predicted octanol–water partition coefficient (Wildman–Crippen LogP) is 1.52. The highest BCUT2D eigenvalue weighted by atomic mass is 16.5. The quantitative estimate of drug-likeness (QED) is 0.816. The minimum Gasteiger partial charge on any atom is -0.478 e. The van der Waals surface area contributed by atoms with Crippen LogP contribution in [0, 0.1) is 0 Å². The Morgan fingerprint density at radius 3 is 3.12 bits per heavy atom. The van der Waals surface area contributed by atoms with Gasteiger partial charge in [0.1, 0.15) is 5.82 Å². The Balaban J connectivity index is 1.84. The fourth-order valence-corrected chi connectivity index (χ4v) is 1.35. The number of rotatable bonds is 6. The van der Waals surface area contributed by atoms with Crippen molar-refractivity contribution in [3.05, 3.63) is 30.4 Å². The maximum atomic E-state index is 5.31. The summed E-state index contributed by atoms with van der Waals surface area (Å²) in [6.45, 7) is 3.22. The van der Waals surface area contributed by atoms with E-state index in [0.29, 0.717) is 31.3 Å². The van der Waals surface area contributed by atoms with Crippen molar-refractivity contribution in [3.8, 4) is 5.88 Å². The van der Waals surface area contributed by atoms with Crippen molar-refractivity contribution in [3.63, 3.8) is 0 Å². The Hall–Kier alpha value is -2.11. The average molecular weight is 234 g/mol. The smallest absolute Gasteiger partial charge is 0.228 e. The molecule has 6 nitrogen and oxygen atoms in total. The van der Waals surface area contributed by atoms with E-state index in [1.165, 1.54) is 6.33 Å². The van der Waals surface area contributed by atoms with E-state index in [1.54, 1.807) is 0 Å². The lowest BCUT2D eigenvalue weighted by Crippen LogP contribution is -2.07. The second-order valence-electron chi connectivity index (χ2n) is 3.31. The van der Waals surface area contributed by atoms with Crippen LogP contribution in [0.4, 0.5) is 5.82 Å². The second-order valence-corrected chi connectivity index (χ2v) is 3.31. The van der Waals surface area contributed by atoms with Crippen LogP contribution in [0.25, 0.3) is 0 Å². The SMILES string of the molecule is CCOc1cccc(NCCc2ncno2)n1. The van der Waals surface area contributed by atoms with Crippen LogP contribution in [0.5, 0.6) is 5.88 Å². The van der Waals surface area contributed by atoms with Gasteiger partial charge in [0.05, 0.1) is 6.61 Å². The summed E-state index contributed by atoms with van der Waals surface area (Å²) in [5, 5.41) is 6.70. The maximum Gasteiger partial charge on any atom is 0.228 e. The zero-order valence-electron chi connectivity index (χ0n) is 9.59. The molecule has 2 aromatic rings. The number of pyridine rings is 1. The fraction of sp³-hybridized carbons (Fsp3) is 0.364. The number of ether oxygens (including phenoxy) is 1. The molecule has 0 amide bonds. The van der Waals surface area contributed by atoms with Gasteiger partial charge in [0.15, 0.2) is 6.33 Å². The van der Waals surface area contributed by atoms with E-state index in [-0.39, 0.29) is 0 Å². The normalized spacial score (nSPS) is 10.2. The van der Waals surface area contributed by atoms with Gasteiger partial charge in [-0.2, -0.15) is 9.97 Å². The zero-order chi connectivity index (χ0) is 11.9. The van der Waals surface area contributed by atoms with Gasteiger partial charge in [0, 0.05) is 19.0 Å². The highest BCUT2D eigenvalue weighted by molar-refractivity contribution is 5.36. The molecule has 0 atom stereocenters. The summed E-state index contributed by atoms with van der Waals surface area (Å²) in [5.74, 6) is 2.00. The Bertz CT molecular complexity index is 444. The van der Waals surface area contributed by atoms with Crippen LogP contribution in [0.1, 0.15) is 12.8 Å². The van der Waals surface area contributed by atoms with Crippen LogP contribution < -0.4 is 10.1 Å². The molecule has 0 aliphatic rings. The lowest BCUT2D eigenvalue weighted by molar-refractivity contribution is 0.327. The van der Waals surface area contributed by atoms with Crippen LogP contribution in [0.2, 0.25) is 0 Å². The number of aromatic nitrogens is 3. The molecule has 0 bridgehead atoms. The Morgan fingerprint density at radius 2 is 2.35 bits per heavy atom. The zero-order valence-corrected chi connectivity index (χ0v) is 9.59. The van der Waals surface area contributed by atoms with Crippen molar-refractivity contribution >= 4 is 5.82 Å². The van der Waals surface area contributed by atoms with Crippen LogP contribution in [-0.4, -0.2) is 28.3 Å². The van der Waals surface area contributed by atoms with Crippen molar-refractivity contribution in [1.82, 2.24) is 15.1 Å². The summed E-state index contributed by atoms with van der Waals surface area (Å²) in [6, 6.07) is 5.61. The summed E-state index contributed by atoms with van der Waals surface area (Å²) < 4.78 is 10.2. The average Bonchev–Trinajstić information content (AvgIpc) is 2.83. The second kappa shape index (κ2) is 5.83. The van der Waals surface area contributed by atoms with E-state index in [1.807, 2.05) is 25.1 Å². The third-order valence-electron chi connectivity index (χ3n) is 2.07. The molecule has 0 saturated heterocycles. The van der Waals surface area contributed by atoms with E-state index < -0.39 is 0 Å². The fourth-order valence-electron chi connectivity index (χ4n) is 1.35. The van der Waals surface area contributed by atoms with Gasteiger partial charge in [-0.1, -0.05) is 11.2 Å². The summed E-state index contributed by atoms with van der Waals surface area (Å²) in [5.41, 5.74) is 0. The third kappa shape index (κ3) is 3.44. The number of hydrogen-bond acceptors (Lipinski definition) is 6. The van der Waals surface area contributed by atoms with Crippen molar-refractivity contribution in [2.45, 2.75) is 13.3 Å². The van der Waals surface area contributed by atoms with Crippen LogP contribution >= 0.6 is 0 Å². The van der Waals surface area contributed by atoms with Gasteiger partial charge in [-0.05, 0) is 13.0 Å². The molecular formula is C11H14N4O2. The van der Waals surface area contributed by atoms with Crippen LogP contribution in [-0.2, 0) is 6.42 Å². The van der Waals surface area contributed by atoms with E-state index in [2.05, 4.69) is 20.4 Å². The molecule has 0 aromatic carbocycles. The molecule has 6 heteroatoms. The molecule has 0 radical (unpaired) electrons. The molecule has 90 valence electrons. The molecule has 0 aliphatic carbocycles. The lowest BCUT2D eigenvalue weighted by atomic mass is 10.4. The maximum absolute atomic E-state index is 5.31. The number of hydrogen-bond donors (Lipinski definition) is 1. The van der Waals surface area contributed by atoms with Crippen LogP contribution in [0.15, 0.2) is 29.0 Å². The lowest BCUT2D eigenvalue weighted by Gasteiger charge is -2.06. The van der Waals surface area contributed by atoms with Gasteiger partial charge >= 0.3 is 0 Å². The van der Waals surface area contributed by atoms with Gasteiger partial charge in [0.2, 0.25) is 11.8 Å². The highest BCUT2D eigenvalue weighted by Gasteiger charge is 2.00. The molecule has 0 fully saturated rings. The molecular weight excluding hydrogens is 220 g/mol. The number of nitrogens with zero attached hydrogens (tertiary/aromatic N) is 3. The van der Waals surface area contributed by atoms with E-state index in [0.717, 1.165) is 5.82 Å². The Labute approximate surface area is 99.0 Å². The first-order valence-corrected chi connectivity index (χ1v) is 5.47. The molecule has 2 heterocycles. The monoisotopic (exact) mass is 234 g/mol. The van der Waals surface area contributed by atoms with Crippen LogP contribution in [0.3, 0.4) is 0 Å². The molecule has 0 spiro atoms. The first-order chi connectivity index (χ1) is 8.38. The van der Waals surface area contributed by atoms with Crippen molar-refractivity contribution in [2.75, 3.05) is 18.5 Å². The van der Waals surface area contributed by atoms with Crippen molar-refractivity contribution < 1.29 is 9.26 Å². The molecule has 1 N–H and O–H groups in total. The van der Waals surface area contributed by atoms with Gasteiger partial charge in [-0.3, -0.25) is 0 Å². The first kappa shape index (κ1) is 11.4. The molecule has 0 unspecified atom stereocenters. The van der Waals surface area contributed by atoms with E-state index in [9.17, 15) is 0 Å². The summed E-state index contributed by atoms with van der Waals surface area (Å²) in [4.78, 5) is 8.21. The predicted molar refractivity (Wildman–Crippen MR) is 61.9 cm³/mol. The Morgan fingerprint density at radius 1 is 1.41 bits per heavy atom. The van der Waals surface area contributed by atoms with E-state index >= 15 is 0 Å². The molecule has 0 saturated carbocycles. The summed E-state index contributed by atoms with van der Waals surface area (Å²) >= 11 is 0. The van der Waals surface area contributed by atoms with Crippen molar-refractivity contribution in [1.29, 1.82) is 0 Å². The standard InChI is InChI=1S/C11H14N4O2/c1-2-16-11-5-3-4-9(15-11)12-7-6-10-13-8-14-17-10/h3-5,8H,2,6-7H2,1H3,(H,12,15). The van der Waals surface area contributed by atoms with Crippen molar-refractivity contribution in [2.24, 2.45) is 0 Å². The topological polar surface area (TPSA) is 73.1 Å². The third-order valence-corrected chi connectivity index (χ3v) is 2.07. The van der Waals surface area contributed by atoms with E-state index in [4.69, 9.17) is 9.26 Å². The number of nitrogens with one attached hydrogen (secondary N) is 1. The number of anilines is 1. The molecule has 2 aromatic heterocycles. The highest BCUT2D eigenvalue weighted by Crippen LogP contribution is 2.11.